The standard InChI is InChI=1S/2H2O.O.Sr.Ti.Y.2H/h2*1H2;;;;;;/q;;;;+2;;;/p-2. The molecule has 0 aliphatic heterocycles. The van der Waals surface area contributed by atoms with Gasteiger partial charge in [-0.1, -0.05) is 0 Å². The van der Waals surface area contributed by atoms with Gasteiger partial charge < -0.3 is 0 Å². The molecule has 31 valence electrons. The van der Waals surface area contributed by atoms with E-state index >= 15 is 0 Å². The van der Waals surface area contributed by atoms with E-state index in [0.717, 1.165) is 0 Å². The van der Waals surface area contributed by atoms with Crippen molar-refractivity contribution in [3.8, 4) is 0 Å². The maximum atomic E-state index is 8.81. The van der Waals surface area contributed by atoms with E-state index in [2.05, 4.69) is 0 Å². The molecule has 0 spiro atoms. The zero-order valence-electron chi connectivity index (χ0n) is 2.38. The monoisotopic (exact) mass is 277 g/mol. The van der Waals surface area contributed by atoms with Crippen LogP contribution in [-0.4, -0.2) is 52.9 Å². The Kier molecular flexibility index (Phi) is 29.1. The van der Waals surface area contributed by atoms with E-state index in [1.165, 1.54) is 0 Å². The predicted octanol–water partition coefficient (Wildman–Crippen LogP) is -2.15. The SMILES string of the molecule is [O]=[Ti]([OH])[OH].[SrH2].[Y]. The predicted molar refractivity (Wildman–Crippen MR) is 13.7 cm³/mol. The summed E-state index contributed by atoms with van der Waals surface area (Å²) >= 11 is -3.58. The van der Waals surface area contributed by atoms with Gasteiger partial charge >= 0.3 is 74.8 Å². The van der Waals surface area contributed by atoms with Crippen LogP contribution in [0.1, 0.15) is 0 Å². The normalized spacial score (nSPS) is 4.33. The third-order valence-electron chi connectivity index (χ3n) is 0. The molecular weight excluding hydrogens is 272 g/mol. The summed E-state index contributed by atoms with van der Waals surface area (Å²) in [6, 6.07) is 0. The van der Waals surface area contributed by atoms with Crippen LogP contribution in [0.2, 0.25) is 0 Å². The van der Waals surface area contributed by atoms with Gasteiger partial charge in [-0.05, 0) is 0 Å². The molecule has 0 saturated carbocycles. The van der Waals surface area contributed by atoms with E-state index in [4.69, 9.17) is 10.7 Å². The van der Waals surface area contributed by atoms with E-state index in [-0.39, 0.29) is 78.2 Å². The van der Waals surface area contributed by atoms with Crippen LogP contribution in [0, 0.1) is 0 Å². The minimum atomic E-state index is -3.58. The van der Waals surface area contributed by atoms with Crippen molar-refractivity contribution in [3.05, 3.63) is 0 Å². The Morgan fingerprint density at radius 3 is 1.33 bits per heavy atom. The minimum absolute atomic E-state index is 0. The van der Waals surface area contributed by atoms with Crippen LogP contribution in [-0.2, 0) is 54.6 Å². The quantitative estimate of drug-likeness (QED) is 0.496. The van der Waals surface area contributed by atoms with E-state index in [1.807, 2.05) is 0 Å². The molecule has 0 unspecified atom stereocenters. The molecule has 0 amide bonds. The first kappa shape index (κ1) is 16.0. The zero-order chi connectivity index (χ0) is 3.58. The molecule has 0 aromatic heterocycles. The summed E-state index contributed by atoms with van der Waals surface area (Å²) in [6.07, 6.45) is 0. The van der Waals surface area contributed by atoms with Gasteiger partial charge in [0, 0.05) is 32.7 Å². The summed E-state index contributed by atoms with van der Waals surface area (Å²) in [5.74, 6) is 0. The third kappa shape index (κ3) is 27.9. The Morgan fingerprint density at radius 1 is 1.33 bits per heavy atom. The van der Waals surface area contributed by atoms with Gasteiger partial charge in [-0.25, -0.2) is 0 Å². The second-order valence-electron chi connectivity index (χ2n) is 0.283. The van der Waals surface area contributed by atoms with Crippen molar-refractivity contribution in [1.82, 2.24) is 0 Å². The Morgan fingerprint density at radius 2 is 1.33 bits per heavy atom. The second kappa shape index (κ2) is 10.9. The molecule has 0 atom stereocenters. The van der Waals surface area contributed by atoms with Gasteiger partial charge in [-0.3, -0.25) is 0 Å². The summed E-state index contributed by atoms with van der Waals surface area (Å²) in [5, 5.41) is 0. The van der Waals surface area contributed by atoms with Gasteiger partial charge in [-0.15, -0.1) is 0 Å². The van der Waals surface area contributed by atoms with Crippen molar-refractivity contribution < 1.29 is 62.0 Å². The van der Waals surface area contributed by atoms with Gasteiger partial charge in [0.25, 0.3) is 0 Å². The van der Waals surface area contributed by atoms with E-state index in [0.29, 0.717) is 0 Å². The van der Waals surface area contributed by atoms with Crippen LogP contribution in [0.25, 0.3) is 0 Å². The largest absolute Gasteiger partial charge is 0 e. The molecule has 0 aliphatic carbocycles. The molecule has 0 aliphatic rings. The van der Waals surface area contributed by atoms with E-state index < -0.39 is 18.6 Å². The number of rotatable bonds is 0. The van der Waals surface area contributed by atoms with Gasteiger partial charge in [-0.2, -0.15) is 0 Å². The molecule has 2 N–H and O–H groups in total. The summed E-state index contributed by atoms with van der Waals surface area (Å²) in [7, 11) is 0. The fourth-order valence-corrected chi connectivity index (χ4v) is 0. The van der Waals surface area contributed by atoms with Gasteiger partial charge in [0.1, 0.15) is 0 Å². The van der Waals surface area contributed by atoms with Crippen molar-refractivity contribution in [2.24, 2.45) is 0 Å². The summed E-state index contributed by atoms with van der Waals surface area (Å²) in [6.45, 7) is 0. The van der Waals surface area contributed by atoms with Crippen molar-refractivity contribution in [2.45, 2.75) is 0 Å². The zero-order valence-corrected chi connectivity index (χ0v) is 6.78. The molecule has 0 bridgehead atoms. The average molecular weight is 276 g/mol. The molecule has 0 rings (SSSR count). The maximum absolute atomic E-state index is 8.81. The van der Waals surface area contributed by atoms with Crippen LogP contribution in [0.3, 0.4) is 0 Å². The molecule has 0 fully saturated rings. The molecule has 0 saturated heterocycles. The van der Waals surface area contributed by atoms with Crippen LogP contribution in [0.4, 0.5) is 0 Å². The number of hydrogen-bond donors (Lipinski definition) is 2. The Bertz CT molecular complexity index is 33.8. The molecule has 6 heavy (non-hydrogen) atoms. The van der Waals surface area contributed by atoms with Gasteiger partial charge in [0.15, 0.2) is 0 Å². The first-order valence-corrected chi connectivity index (χ1v) is 2.69. The molecular formula is H4O3SrTiY. The third-order valence-corrected chi connectivity index (χ3v) is 0. The fraction of sp³-hybridized carbons (Fsp3) is 0. The van der Waals surface area contributed by atoms with Crippen molar-refractivity contribution >= 4 is 45.5 Å². The fourth-order valence-electron chi connectivity index (χ4n) is 0. The van der Waals surface area contributed by atoms with E-state index in [9.17, 15) is 0 Å². The average Bonchev–Trinajstić information content (AvgIpc) is 0.811. The first-order valence-electron chi connectivity index (χ1n) is 0.651. The first-order chi connectivity index (χ1) is 1.73. The van der Waals surface area contributed by atoms with Crippen LogP contribution >= 0.6 is 0 Å². The smallest absolute Gasteiger partial charge is 0 e. The summed E-state index contributed by atoms with van der Waals surface area (Å²) < 4.78 is 23.2. The second-order valence-corrected chi connectivity index (χ2v) is 1.17. The Balaban J connectivity index is -0.0000000450. The van der Waals surface area contributed by atoms with Crippen LogP contribution < -0.4 is 0 Å². The Hall–Kier alpha value is 3.02. The Labute approximate surface area is 105 Å². The topological polar surface area (TPSA) is 57.5 Å². The van der Waals surface area contributed by atoms with Gasteiger partial charge in [0.2, 0.25) is 0 Å². The van der Waals surface area contributed by atoms with Crippen molar-refractivity contribution in [3.63, 3.8) is 0 Å². The van der Waals surface area contributed by atoms with Crippen LogP contribution in [0.5, 0.6) is 0 Å². The molecule has 0 aromatic rings. The minimum Gasteiger partial charge on any atom is 0 e. The molecule has 3 nitrogen and oxygen atoms in total. The van der Waals surface area contributed by atoms with Crippen molar-refractivity contribution in [1.29, 1.82) is 0 Å². The molecule has 6 heteroatoms. The maximum Gasteiger partial charge on any atom is 0 e. The molecule has 0 heterocycles. The van der Waals surface area contributed by atoms with E-state index in [1.54, 1.807) is 0 Å². The molecule has 1 radical (unpaired) electrons. The van der Waals surface area contributed by atoms with Crippen molar-refractivity contribution in [2.75, 3.05) is 0 Å². The summed E-state index contributed by atoms with van der Waals surface area (Å²) in [5.41, 5.74) is 0. The molecule has 0 aromatic carbocycles. The van der Waals surface area contributed by atoms with Gasteiger partial charge in [0.05, 0.1) is 0 Å². The summed E-state index contributed by atoms with van der Waals surface area (Å²) in [4.78, 5) is 0. The number of hydrogen-bond acceptors (Lipinski definition) is 1. The van der Waals surface area contributed by atoms with Crippen LogP contribution in [0.15, 0.2) is 0 Å².